The molecule has 0 bridgehead atoms. The van der Waals surface area contributed by atoms with Gasteiger partial charge in [-0.05, 0) is 18.6 Å². The molecule has 1 aromatic rings. The minimum Gasteiger partial charge on any atom is -0.478 e. The van der Waals surface area contributed by atoms with Crippen molar-refractivity contribution in [2.45, 2.75) is 19.1 Å². The van der Waals surface area contributed by atoms with Gasteiger partial charge in [-0.2, -0.15) is 13.2 Å². The number of rotatable bonds is 2. The number of alkyl halides is 3. The molecule has 0 aromatic heterocycles. The van der Waals surface area contributed by atoms with Crippen LogP contribution >= 0.6 is 0 Å². The number of carbonyl (C=O) groups is 1. The van der Waals surface area contributed by atoms with Crippen molar-refractivity contribution < 1.29 is 27.9 Å². The van der Waals surface area contributed by atoms with Crippen LogP contribution in [0.4, 0.5) is 13.2 Å². The number of hydrogen-bond acceptors (Lipinski definition) is 3. The van der Waals surface area contributed by atoms with Crippen LogP contribution in [-0.2, 0) is 15.8 Å². The lowest BCUT2D eigenvalue weighted by atomic mass is 9.94. The lowest BCUT2D eigenvalue weighted by Gasteiger charge is -2.23. The van der Waals surface area contributed by atoms with Gasteiger partial charge in [0.05, 0.1) is 5.56 Å². The number of allylic oxidation sites excluding steroid dienone is 1. The van der Waals surface area contributed by atoms with Crippen molar-refractivity contribution in [3.8, 4) is 0 Å². The zero-order valence-corrected chi connectivity index (χ0v) is 10.7. The standard InChI is InChI=1S/C13H12F3NO3/c1-7-10(12(18)19)11(17(2)20-7)8-5-3-4-6-9(8)13(14,15)16/h3-6,11H,1-2H3,(H,18,19). The van der Waals surface area contributed by atoms with E-state index < -0.39 is 23.8 Å². The van der Waals surface area contributed by atoms with Gasteiger partial charge in [0.15, 0.2) is 0 Å². The van der Waals surface area contributed by atoms with E-state index in [-0.39, 0.29) is 16.9 Å². The van der Waals surface area contributed by atoms with Crippen molar-refractivity contribution in [3.63, 3.8) is 0 Å². The van der Waals surface area contributed by atoms with Crippen LogP contribution in [-0.4, -0.2) is 23.2 Å². The molecule has 1 aliphatic rings. The third-order valence-corrected chi connectivity index (χ3v) is 3.09. The third kappa shape index (κ3) is 2.36. The Morgan fingerprint density at radius 3 is 2.50 bits per heavy atom. The molecule has 1 unspecified atom stereocenters. The van der Waals surface area contributed by atoms with Crippen LogP contribution in [0.15, 0.2) is 35.6 Å². The van der Waals surface area contributed by atoms with Crippen molar-refractivity contribution >= 4 is 5.97 Å². The highest BCUT2D eigenvalue weighted by molar-refractivity contribution is 5.89. The highest BCUT2D eigenvalue weighted by Gasteiger charge is 2.42. The van der Waals surface area contributed by atoms with E-state index in [0.717, 1.165) is 11.1 Å². The molecule has 4 nitrogen and oxygen atoms in total. The number of aliphatic carboxylic acids is 1. The van der Waals surface area contributed by atoms with Gasteiger partial charge in [-0.1, -0.05) is 18.2 Å². The van der Waals surface area contributed by atoms with Crippen LogP contribution < -0.4 is 0 Å². The number of carboxylic acids is 1. The fraction of sp³-hybridized carbons (Fsp3) is 0.308. The second kappa shape index (κ2) is 4.82. The van der Waals surface area contributed by atoms with E-state index in [0.29, 0.717) is 0 Å². The average Bonchev–Trinajstić information content (AvgIpc) is 2.63. The summed E-state index contributed by atoms with van der Waals surface area (Å²) >= 11 is 0. The minimum atomic E-state index is -4.56. The first kappa shape index (κ1) is 14.4. The van der Waals surface area contributed by atoms with Gasteiger partial charge in [0.2, 0.25) is 0 Å². The van der Waals surface area contributed by atoms with Gasteiger partial charge in [0.25, 0.3) is 0 Å². The van der Waals surface area contributed by atoms with Crippen LogP contribution in [0.2, 0.25) is 0 Å². The maximum Gasteiger partial charge on any atom is 0.416 e. The average molecular weight is 287 g/mol. The monoisotopic (exact) mass is 287 g/mol. The molecular weight excluding hydrogens is 275 g/mol. The molecule has 1 aliphatic heterocycles. The molecular formula is C13H12F3NO3. The zero-order chi connectivity index (χ0) is 15.1. The molecule has 1 N–H and O–H groups in total. The van der Waals surface area contributed by atoms with Gasteiger partial charge < -0.3 is 9.94 Å². The van der Waals surface area contributed by atoms with Crippen molar-refractivity contribution in [1.82, 2.24) is 5.06 Å². The summed E-state index contributed by atoms with van der Waals surface area (Å²) in [7, 11) is 1.40. The topological polar surface area (TPSA) is 49.8 Å². The Balaban J connectivity index is 2.59. The fourth-order valence-corrected chi connectivity index (χ4v) is 2.30. The molecule has 1 atom stereocenters. The summed E-state index contributed by atoms with van der Waals surface area (Å²) < 4.78 is 39.1. The van der Waals surface area contributed by atoms with E-state index >= 15 is 0 Å². The molecule has 0 aliphatic carbocycles. The van der Waals surface area contributed by atoms with E-state index in [1.165, 1.54) is 32.2 Å². The van der Waals surface area contributed by atoms with Gasteiger partial charge in [-0.15, -0.1) is 5.06 Å². The molecule has 20 heavy (non-hydrogen) atoms. The number of carboxylic acid groups (broad SMARTS) is 1. The molecule has 1 heterocycles. The van der Waals surface area contributed by atoms with Crippen molar-refractivity contribution in [1.29, 1.82) is 0 Å². The van der Waals surface area contributed by atoms with Crippen LogP contribution in [0.25, 0.3) is 0 Å². The molecule has 0 amide bonds. The zero-order valence-electron chi connectivity index (χ0n) is 10.7. The van der Waals surface area contributed by atoms with Gasteiger partial charge >= 0.3 is 12.1 Å². The second-order valence-corrected chi connectivity index (χ2v) is 4.40. The molecule has 0 radical (unpaired) electrons. The van der Waals surface area contributed by atoms with Crippen LogP contribution in [0.3, 0.4) is 0 Å². The predicted molar refractivity (Wildman–Crippen MR) is 63.4 cm³/mol. The van der Waals surface area contributed by atoms with Crippen LogP contribution in [0, 0.1) is 0 Å². The number of likely N-dealkylation sites (N-methyl/N-ethyl adjacent to an activating group) is 1. The first-order valence-electron chi connectivity index (χ1n) is 5.74. The summed E-state index contributed by atoms with van der Waals surface area (Å²) in [6.45, 7) is 1.41. The number of hydrogen-bond donors (Lipinski definition) is 1. The summed E-state index contributed by atoms with van der Waals surface area (Å²) in [5.74, 6) is -1.21. The van der Waals surface area contributed by atoms with Gasteiger partial charge in [0, 0.05) is 7.05 Å². The van der Waals surface area contributed by atoms with E-state index in [4.69, 9.17) is 4.84 Å². The Morgan fingerprint density at radius 1 is 1.35 bits per heavy atom. The Kier molecular flexibility index (Phi) is 3.47. The second-order valence-electron chi connectivity index (χ2n) is 4.40. The highest BCUT2D eigenvalue weighted by atomic mass is 19.4. The summed E-state index contributed by atoms with van der Waals surface area (Å²) in [6, 6.07) is 3.79. The Hall–Kier alpha value is -2.02. The summed E-state index contributed by atoms with van der Waals surface area (Å²) in [5.41, 5.74) is -1.20. The highest BCUT2D eigenvalue weighted by Crippen LogP contribution is 2.42. The Labute approximate surface area is 113 Å². The van der Waals surface area contributed by atoms with E-state index in [9.17, 15) is 23.1 Å². The summed E-state index contributed by atoms with van der Waals surface area (Å²) in [6.07, 6.45) is -4.56. The summed E-state index contributed by atoms with van der Waals surface area (Å²) in [5, 5.41) is 10.3. The molecule has 0 spiro atoms. The lowest BCUT2D eigenvalue weighted by Crippen LogP contribution is -2.24. The SMILES string of the molecule is CC1=C(C(=O)O)C(c2ccccc2C(F)(F)F)N(C)O1. The van der Waals surface area contributed by atoms with Gasteiger partial charge in [-0.25, -0.2) is 4.79 Å². The molecule has 2 rings (SSSR count). The van der Waals surface area contributed by atoms with Crippen LogP contribution in [0.1, 0.15) is 24.1 Å². The van der Waals surface area contributed by atoms with E-state index in [2.05, 4.69) is 0 Å². The number of benzene rings is 1. The molecule has 7 heteroatoms. The quantitative estimate of drug-likeness (QED) is 0.908. The van der Waals surface area contributed by atoms with Gasteiger partial charge in [-0.3, -0.25) is 0 Å². The third-order valence-electron chi connectivity index (χ3n) is 3.09. The number of hydroxylamine groups is 2. The number of nitrogens with zero attached hydrogens (tertiary/aromatic N) is 1. The van der Waals surface area contributed by atoms with Gasteiger partial charge in [0.1, 0.15) is 17.4 Å². The molecule has 1 aromatic carbocycles. The molecule has 0 saturated carbocycles. The number of halogens is 3. The Bertz CT molecular complexity index is 580. The smallest absolute Gasteiger partial charge is 0.416 e. The lowest BCUT2D eigenvalue weighted by molar-refractivity contribution is -0.142. The molecule has 108 valence electrons. The first-order chi connectivity index (χ1) is 9.23. The van der Waals surface area contributed by atoms with E-state index in [1.54, 1.807) is 0 Å². The Morgan fingerprint density at radius 2 is 1.95 bits per heavy atom. The largest absolute Gasteiger partial charge is 0.478 e. The van der Waals surface area contributed by atoms with Crippen molar-refractivity contribution in [3.05, 3.63) is 46.7 Å². The molecule has 0 saturated heterocycles. The van der Waals surface area contributed by atoms with Crippen LogP contribution in [0.5, 0.6) is 0 Å². The van der Waals surface area contributed by atoms with E-state index in [1.807, 2.05) is 0 Å². The normalized spacial score (nSPS) is 20.1. The van der Waals surface area contributed by atoms with Crippen molar-refractivity contribution in [2.75, 3.05) is 7.05 Å². The maximum atomic E-state index is 13.0. The molecule has 0 fully saturated rings. The van der Waals surface area contributed by atoms with Crippen molar-refractivity contribution in [2.24, 2.45) is 0 Å². The first-order valence-corrected chi connectivity index (χ1v) is 5.74. The predicted octanol–water partition coefficient (Wildman–Crippen LogP) is 2.98. The maximum absolute atomic E-state index is 13.0. The minimum absolute atomic E-state index is 0.0852. The fourth-order valence-electron chi connectivity index (χ4n) is 2.30. The summed E-state index contributed by atoms with van der Waals surface area (Å²) in [4.78, 5) is 16.4.